The standard InChI is InChI=1S/C14H21FN2O/c1-10-9-17(7-4-8-18-10)14-12(11(2)16)5-3-6-13(14)15/h3,5-6,10-11H,4,7-9,16H2,1-2H3/t10?,11-/m1/s1. The third-order valence-corrected chi connectivity index (χ3v) is 3.28. The first-order valence-corrected chi connectivity index (χ1v) is 6.50. The van der Waals surface area contributed by atoms with Gasteiger partial charge in [-0.3, -0.25) is 0 Å². The van der Waals surface area contributed by atoms with Gasteiger partial charge in [0, 0.05) is 25.7 Å². The molecule has 0 aromatic heterocycles. The molecule has 18 heavy (non-hydrogen) atoms. The van der Waals surface area contributed by atoms with Crippen LogP contribution in [-0.2, 0) is 4.74 Å². The maximum atomic E-state index is 14.1. The van der Waals surface area contributed by atoms with Gasteiger partial charge in [-0.1, -0.05) is 12.1 Å². The Kier molecular flexibility index (Phi) is 4.19. The van der Waals surface area contributed by atoms with E-state index in [-0.39, 0.29) is 18.0 Å². The highest BCUT2D eigenvalue weighted by molar-refractivity contribution is 5.56. The first-order valence-electron chi connectivity index (χ1n) is 6.50. The lowest BCUT2D eigenvalue weighted by atomic mass is 10.0. The van der Waals surface area contributed by atoms with Crippen molar-refractivity contribution in [2.24, 2.45) is 5.73 Å². The van der Waals surface area contributed by atoms with Crippen molar-refractivity contribution < 1.29 is 9.13 Å². The van der Waals surface area contributed by atoms with Crippen LogP contribution >= 0.6 is 0 Å². The second-order valence-corrected chi connectivity index (χ2v) is 4.95. The molecule has 2 N–H and O–H groups in total. The lowest BCUT2D eigenvalue weighted by Gasteiger charge is -2.28. The smallest absolute Gasteiger partial charge is 0.146 e. The molecule has 1 saturated heterocycles. The molecule has 0 saturated carbocycles. The average molecular weight is 252 g/mol. The lowest BCUT2D eigenvalue weighted by Crippen LogP contribution is -2.32. The van der Waals surface area contributed by atoms with Gasteiger partial charge < -0.3 is 15.4 Å². The number of halogens is 1. The van der Waals surface area contributed by atoms with E-state index >= 15 is 0 Å². The monoisotopic (exact) mass is 252 g/mol. The van der Waals surface area contributed by atoms with Crippen LogP contribution in [0.2, 0.25) is 0 Å². The van der Waals surface area contributed by atoms with Crippen molar-refractivity contribution in [2.45, 2.75) is 32.4 Å². The predicted molar refractivity (Wildman–Crippen MR) is 71.2 cm³/mol. The van der Waals surface area contributed by atoms with Crippen LogP contribution in [0, 0.1) is 5.82 Å². The maximum absolute atomic E-state index is 14.1. The fourth-order valence-electron chi connectivity index (χ4n) is 2.43. The van der Waals surface area contributed by atoms with Crippen LogP contribution in [0.1, 0.15) is 31.9 Å². The summed E-state index contributed by atoms with van der Waals surface area (Å²) in [6.07, 6.45) is 1.03. The lowest BCUT2D eigenvalue weighted by molar-refractivity contribution is 0.0820. The summed E-state index contributed by atoms with van der Waals surface area (Å²) in [5, 5.41) is 0. The van der Waals surface area contributed by atoms with Gasteiger partial charge in [-0.25, -0.2) is 4.39 Å². The summed E-state index contributed by atoms with van der Waals surface area (Å²) in [7, 11) is 0. The largest absolute Gasteiger partial charge is 0.377 e. The Bertz CT molecular complexity index is 409. The summed E-state index contributed by atoms with van der Waals surface area (Å²) in [6.45, 7) is 6.16. The third-order valence-electron chi connectivity index (χ3n) is 3.28. The molecular weight excluding hydrogens is 231 g/mol. The van der Waals surface area contributed by atoms with E-state index in [9.17, 15) is 4.39 Å². The molecule has 1 heterocycles. The number of hydrogen-bond donors (Lipinski definition) is 1. The van der Waals surface area contributed by atoms with E-state index in [1.807, 2.05) is 19.9 Å². The molecule has 0 spiro atoms. The molecule has 3 nitrogen and oxygen atoms in total. The Hall–Kier alpha value is -1.13. The second kappa shape index (κ2) is 5.67. The third kappa shape index (κ3) is 2.82. The summed E-state index contributed by atoms with van der Waals surface area (Å²) in [4.78, 5) is 2.06. The summed E-state index contributed by atoms with van der Waals surface area (Å²) in [5.74, 6) is -0.195. The zero-order valence-electron chi connectivity index (χ0n) is 11.0. The number of anilines is 1. The minimum Gasteiger partial charge on any atom is -0.377 e. The molecule has 1 aliphatic rings. The minimum absolute atomic E-state index is 0.119. The molecule has 4 heteroatoms. The average Bonchev–Trinajstić information content (AvgIpc) is 2.53. The first kappa shape index (κ1) is 13.3. The quantitative estimate of drug-likeness (QED) is 0.878. The molecule has 1 unspecified atom stereocenters. The van der Waals surface area contributed by atoms with Crippen molar-refractivity contribution in [3.63, 3.8) is 0 Å². The van der Waals surface area contributed by atoms with Crippen molar-refractivity contribution in [1.82, 2.24) is 0 Å². The first-order chi connectivity index (χ1) is 8.59. The van der Waals surface area contributed by atoms with Crippen molar-refractivity contribution in [1.29, 1.82) is 0 Å². The summed E-state index contributed by atoms with van der Waals surface area (Å²) in [5.41, 5.74) is 7.45. The molecule has 0 bridgehead atoms. The van der Waals surface area contributed by atoms with Gasteiger partial charge in [0.1, 0.15) is 5.82 Å². The molecule has 2 atom stereocenters. The number of hydrogen-bond acceptors (Lipinski definition) is 3. The van der Waals surface area contributed by atoms with Gasteiger partial charge in [-0.15, -0.1) is 0 Å². The molecule has 1 aromatic carbocycles. The Labute approximate surface area is 108 Å². The van der Waals surface area contributed by atoms with Crippen LogP contribution in [0.5, 0.6) is 0 Å². The maximum Gasteiger partial charge on any atom is 0.146 e. The van der Waals surface area contributed by atoms with Gasteiger partial charge >= 0.3 is 0 Å². The van der Waals surface area contributed by atoms with E-state index in [0.29, 0.717) is 12.2 Å². The highest BCUT2D eigenvalue weighted by Gasteiger charge is 2.21. The van der Waals surface area contributed by atoms with Crippen LogP contribution < -0.4 is 10.6 Å². The van der Waals surface area contributed by atoms with Crippen LogP contribution in [0.25, 0.3) is 0 Å². The van der Waals surface area contributed by atoms with Gasteiger partial charge in [0.15, 0.2) is 0 Å². The summed E-state index contributed by atoms with van der Waals surface area (Å²) in [6, 6.07) is 4.95. The van der Waals surface area contributed by atoms with Crippen LogP contribution in [0.4, 0.5) is 10.1 Å². The summed E-state index contributed by atoms with van der Waals surface area (Å²) >= 11 is 0. The Balaban J connectivity index is 2.36. The topological polar surface area (TPSA) is 38.5 Å². The molecule has 100 valence electrons. The molecular formula is C14H21FN2O. The normalized spacial score (nSPS) is 22.7. The fraction of sp³-hybridized carbons (Fsp3) is 0.571. The SMILES string of the molecule is CC1CN(c2c(F)cccc2[C@@H](C)N)CCCO1. The fourth-order valence-corrected chi connectivity index (χ4v) is 2.43. The number of rotatable bonds is 2. The van der Waals surface area contributed by atoms with Gasteiger partial charge in [0.2, 0.25) is 0 Å². The van der Waals surface area contributed by atoms with E-state index in [1.54, 1.807) is 6.07 Å². The second-order valence-electron chi connectivity index (χ2n) is 4.95. The van der Waals surface area contributed by atoms with Crippen molar-refractivity contribution in [2.75, 3.05) is 24.6 Å². The van der Waals surface area contributed by atoms with E-state index in [2.05, 4.69) is 4.90 Å². The van der Waals surface area contributed by atoms with Crippen molar-refractivity contribution in [3.8, 4) is 0 Å². The zero-order valence-corrected chi connectivity index (χ0v) is 11.0. The zero-order chi connectivity index (χ0) is 13.1. The van der Waals surface area contributed by atoms with Gasteiger partial charge in [-0.2, -0.15) is 0 Å². The van der Waals surface area contributed by atoms with Crippen molar-refractivity contribution >= 4 is 5.69 Å². The summed E-state index contributed by atoms with van der Waals surface area (Å²) < 4.78 is 19.7. The Morgan fingerprint density at radius 2 is 2.28 bits per heavy atom. The van der Waals surface area contributed by atoms with Gasteiger partial charge in [-0.05, 0) is 31.9 Å². The number of ether oxygens (including phenoxy) is 1. The molecule has 2 rings (SSSR count). The van der Waals surface area contributed by atoms with Gasteiger partial charge in [0.05, 0.1) is 11.8 Å². The molecule has 1 aromatic rings. The minimum atomic E-state index is -0.195. The number of nitrogens with two attached hydrogens (primary N) is 1. The van der Waals surface area contributed by atoms with Crippen LogP contribution in [-0.4, -0.2) is 25.8 Å². The van der Waals surface area contributed by atoms with E-state index in [4.69, 9.17) is 10.5 Å². The molecule has 0 aliphatic carbocycles. The number of para-hydroxylation sites is 1. The number of benzene rings is 1. The van der Waals surface area contributed by atoms with E-state index in [0.717, 1.165) is 25.1 Å². The van der Waals surface area contributed by atoms with Crippen LogP contribution in [0.3, 0.4) is 0 Å². The highest BCUT2D eigenvalue weighted by Crippen LogP contribution is 2.29. The Morgan fingerprint density at radius 3 is 3.00 bits per heavy atom. The molecule has 0 radical (unpaired) electrons. The molecule has 1 aliphatic heterocycles. The van der Waals surface area contributed by atoms with Gasteiger partial charge in [0.25, 0.3) is 0 Å². The Morgan fingerprint density at radius 1 is 1.50 bits per heavy atom. The molecule has 1 fully saturated rings. The van der Waals surface area contributed by atoms with Crippen LogP contribution in [0.15, 0.2) is 18.2 Å². The number of nitrogens with zero attached hydrogens (tertiary/aromatic N) is 1. The molecule has 0 amide bonds. The van der Waals surface area contributed by atoms with Crippen molar-refractivity contribution in [3.05, 3.63) is 29.6 Å². The predicted octanol–water partition coefficient (Wildman–Crippen LogP) is 2.46. The van der Waals surface area contributed by atoms with E-state index in [1.165, 1.54) is 6.07 Å². The highest BCUT2D eigenvalue weighted by atomic mass is 19.1. The van der Waals surface area contributed by atoms with E-state index < -0.39 is 0 Å².